The highest BCUT2D eigenvalue weighted by Gasteiger charge is 2.52. The molecule has 1 aromatic carbocycles. The molecule has 0 aliphatic carbocycles. The number of aromatic nitrogens is 3. The predicted molar refractivity (Wildman–Crippen MR) is 107 cm³/mol. The van der Waals surface area contributed by atoms with E-state index in [9.17, 15) is 0 Å². The van der Waals surface area contributed by atoms with Crippen molar-refractivity contribution in [3.8, 4) is 17.0 Å². The fraction of sp³-hybridized carbons (Fsp3) is 0.400. The first kappa shape index (κ1) is 18.9. The first-order valence-corrected chi connectivity index (χ1v) is 9.23. The van der Waals surface area contributed by atoms with Crippen LogP contribution in [0.3, 0.4) is 0 Å². The van der Waals surface area contributed by atoms with Crippen molar-refractivity contribution in [2.75, 3.05) is 13.9 Å². The van der Waals surface area contributed by atoms with Gasteiger partial charge in [0.1, 0.15) is 5.75 Å². The maximum absolute atomic E-state index is 6.19. The third-order valence-corrected chi connectivity index (χ3v) is 5.40. The van der Waals surface area contributed by atoms with Crippen LogP contribution >= 0.6 is 0 Å². The molecule has 1 fully saturated rings. The molecule has 0 radical (unpaired) electrons. The summed E-state index contributed by atoms with van der Waals surface area (Å²) in [4.78, 5) is 4.23. The van der Waals surface area contributed by atoms with Crippen molar-refractivity contribution in [1.29, 1.82) is 0 Å². The Morgan fingerprint density at radius 3 is 2.54 bits per heavy atom. The van der Waals surface area contributed by atoms with Gasteiger partial charge in [-0.2, -0.15) is 5.10 Å². The molecule has 3 heterocycles. The summed E-state index contributed by atoms with van der Waals surface area (Å²) >= 11 is 0. The van der Waals surface area contributed by atoms with Gasteiger partial charge in [-0.15, -0.1) is 0 Å². The summed E-state index contributed by atoms with van der Waals surface area (Å²) in [5, 5.41) is 4.61. The number of ether oxygens (including phenoxy) is 2. The quantitative estimate of drug-likeness (QED) is 0.500. The minimum atomic E-state index is -0.519. The maximum Gasteiger partial charge on any atom is 0.498 e. The van der Waals surface area contributed by atoms with Gasteiger partial charge in [-0.3, -0.25) is 0 Å². The standard InChI is InChI=1S/C20H24BN3O4/c1-19(2)20(3,4)28-21(27-19)15-7-6-14(12-17(15)26-13-25-5)16-8-9-18-22-10-11-24(18)23-16/h6-12H,13H2,1-5H3. The lowest BCUT2D eigenvalue weighted by Crippen LogP contribution is -2.41. The van der Waals surface area contributed by atoms with E-state index in [0.29, 0.717) is 5.75 Å². The van der Waals surface area contributed by atoms with E-state index in [0.717, 1.165) is 22.4 Å². The van der Waals surface area contributed by atoms with Crippen LogP contribution in [0.15, 0.2) is 42.7 Å². The summed E-state index contributed by atoms with van der Waals surface area (Å²) in [6.07, 6.45) is 3.54. The topological polar surface area (TPSA) is 67.1 Å². The van der Waals surface area contributed by atoms with Gasteiger partial charge in [-0.25, -0.2) is 9.50 Å². The highest BCUT2D eigenvalue weighted by Crippen LogP contribution is 2.37. The van der Waals surface area contributed by atoms with Gasteiger partial charge in [0.05, 0.1) is 16.9 Å². The molecule has 28 heavy (non-hydrogen) atoms. The molecule has 0 spiro atoms. The second-order valence-electron chi connectivity index (χ2n) is 7.84. The molecule has 1 aliphatic rings. The van der Waals surface area contributed by atoms with E-state index >= 15 is 0 Å². The second-order valence-corrected chi connectivity index (χ2v) is 7.84. The third kappa shape index (κ3) is 3.28. The molecule has 0 amide bonds. The number of imidazole rings is 1. The number of rotatable bonds is 5. The predicted octanol–water partition coefficient (Wildman–Crippen LogP) is 2.68. The molecule has 0 atom stereocenters. The minimum absolute atomic E-state index is 0.129. The lowest BCUT2D eigenvalue weighted by atomic mass is 9.78. The van der Waals surface area contributed by atoms with Crippen molar-refractivity contribution in [2.24, 2.45) is 0 Å². The molecule has 0 unspecified atom stereocenters. The fourth-order valence-electron chi connectivity index (χ4n) is 3.08. The van der Waals surface area contributed by atoms with Crippen molar-refractivity contribution in [3.05, 3.63) is 42.7 Å². The number of benzene rings is 1. The van der Waals surface area contributed by atoms with Crippen LogP contribution in [0.1, 0.15) is 27.7 Å². The average Bonchev–Trinajstić information content (AvgIpc) is 3.20. The van der Waals surface area contributed by atoms with E-state index < -0.39 is 18.3 Å². The first-order chi connectivity index (χ1) is 13.3. The number of methoxy groups -OCH3 is 1. The van der Waals surface area contributed by atoms with Gasteiger partial charge in [0.2, 0.25) is 0 Å². The van der Waals surface area contributed by atoms with Crippen molar-refractivity contribution in [3.63, 3.8) is 0 Å². The summed E-state index contributed by atoms with van der Waals surface area (Å²) in [6.45, 7) is 8.25. The van der Waals surface area contributed by atoms with E-state index in [1.807, 2.05) is 64.2 Å². The van der Waals surface area contributed by atoms with Gasteiger partial charge in [0.25, 0.3) is 0 Å². The molecule has 0 saturated carbocycles. The van der Waals surface area contributed by atoms with Crippen LogP contribution in [0.2, 0.25) is 0 Å². The number of nitrogens with zero attached hydrogens (tertiary/aromatic N) is 3. The summed E-state index contributed by atoms with van der Waals surface area (Å²) in [7, 11) is 1.07. The highest BCUT2D eigenvalue weighted by molar-refractivity contribution is 6.63. The summed E-state index contributed by atoms with van der Waals surface area (Å²) in [5.41, 5.74) is 2.50. The van der Waals surface area contributed by atoms with Crippen molar-refractivity contribution in [2.45, 2.75) is 38.9 Å². The highest BCUT2D eigenvalue weighted by atomic mass is 16.7. The van der Waals surface area contributed by atoms with E-state index in [2.05, 4.69) is 10.1 Å². The molecule has 4 rings (SSSR count). The van der Waals surface area contributed by atoms with Crippen LogP contribution < -0.4 is 10.2 Å². The van der Waals surface area contributed by atoms with Gasteiger partial charge in [-0.1, -0.05) is 12.1 Å². The molecule has 1 aliphatic heterocycles. The third-order valence-electron chi connectivity index (χ3n) is 5.40. The Balaban J connectivity index is 1.72. The molecule has 0 N–H and O–H groups in total. The summed E-state index contributed by atoms with van der Waals surface area (Å²) < 4.78 is 25.1. The van der Waals surface area contributed by atoms with Crippen molar-refractivity contribution in [1.82, 2.24) is 14.6 Å². The average molecular weight is 381 g/mol. The maximum atomic E-state index is 6.19. The first-order valence-electron chi connectivity index (χ1n) is 9.23. The zero-order valence-corrected chi connectivity index (χ0v) is 16.8. The van der Waals surface area contributed by atoms with Gasteiger partial charge in [0.15, 0.2) is 12.4 Å². The van der Waals surface area contributed by atoms with E-state index in [1.165, 1.54) is 0 Å². The van der Waals surface area contributed by atoms with Crippen molar-refractivity contribution >= 4 is 18.2 Å². The molecule has 7 nitrogen and oxygen atoms in total. The van der Waals surface area contributed by atoms with Gasteiger partial charge in [0, 0.05) is 30.5 Å². The van der Waals surface area contributed by atoms with E-state index in [1.54, 1.807) is 17.8 Å². The van der Waals surface area contributed by atoms with Crippen LogP contribution in [0, 0.1) is 0 Å². The zero-order chi connectivity index (χ0) is 19.9. The van der Waals surface area contributed by atoms with Crippen LogP contribution in [0.25, 0.3) is 16.9 Å². The number of fused-ring (bicyclic) bond motifs is 1. The number of hydrogen-bond donors (Lipinski definition) is 0. The molecule has 3 aromatic rings. The molecule has 146 valence electrons. The van der Waals surface area contributed by atoms with Crippen LogP contribution in [0.4, 0.5) is 0 Å². The van der Waals surface area contributed by atoms with E-state index in [4.69, 9.17) is 18.8 Å². The van der Waals surface area contributed by atoms with Crippen LogP contribution in [-0.2, 0) is 14.0 Å². The zero-order valence-electron chi connectivity index (χ0n) is 16.8. The molecular weight excluding hydrogens is 357 g/mol. The lowest BCUT2D eigenvalue weighted by molar-refractivity contribution is 0.00578. The van der Waals surface area contributed by atoms with Crippen LogP contribution in [-0.4, -0.2) is 46.8 Å². The number of hydrogen-bond acceptors (Lipinski definition) is 6. The SMILES string of the molecule is COCOc1cc(-c2ccc3nccn3n2)ccc1B1OC(C)(C)C(C)(C)O1. The van der Waals surface area contributed by atoms with Gasteiger partial charge < -0.3 is 18.8 Å². The molecule has 2 aromatic heterocycles. The monoisotopic (exact) mass is 381 g/mol. The van der Waals surface area contributed by atoms with E-state index in [-0.39, 0.29) is 6.79 Å². The van der Waals surface area contributed by atoms with Crippen LogP contribution in [0.5, 0.6) is 5.75 Å². The lowest BCUT2D eigenvalue weighted by Gasteiger charge is -2.32. The Hall–Kier alpha value is -2.42. The van der Waals surface area contributed by atoms with Gasteiger partial charge in [-0.05, 0) is 45.9 Å². The fourth-order valence-corrected chi connectivity index (χ4v) is 3.08. The summed E-state index contributed by atoms with van der Waals surface area (Å²) in [6, 6.07) is 9.75. The molecular formula is C20H24BN3O4. The summed E-state index contributed by atoms with van der Waals surface area (Å²) in [5.74, 6) is 0.644. The Labute approximate surface area is 164 Å². The Morgan fingerprint density at radius 1 is 1.07 bits per heavy atom. The Kier molecular flexibility index (Phi) is 4.65. The molecule has 8 heteroatoms. The molecule has 0 bridgehead atoms. The largest absolute Gasteiger partial charge is 0.498 e. The Morgan fingerprint density at radius 2 is 1.82 bits per heavy atom. The van der Waals surface area contributed by atoms with Gasteiger partial charge >= 0.3 is 7.12 Å². The van der Waals surface area contributed by atoms with Crippen molar-refractivity contribution < 1.29 is 18.8 Å². The normalized spacial score (nSPS) is 18.0. The smallest absolute Gasteiger partial charge is 0.468 e. The minimum Gasteiger partial charge on any atom is -0.468 e. The second kappa shape index (κ2) is 6.88. The molecule has 1 saturated heterocycles. The Bertz CT molecular complexity index is 986.